The van der Waals surface area contributed by atoms with E-state index in [4.69, 9.17) is 0 Å². The Morgan fingerprint density at radius 1 is 1.08 bits per heavy atom. The lowest BCUT2D eigenvalue weighted by atomic mass is 10.1. The third-order valence-electron chi connectivity index (χ3n) is 3.73. The van der Waals surface area contributed by atoms with Crippen molar-refractivity contribution in [3.8, 4) is 5.75 Å². The number of benzene rings is 2. The second kappa shape index (κ2) is 8.09. The normalized spacial score (nSPS) is 11.2. The van der Waals surface area contributed by atoms with E-state index in [0.29, 0.717) is 0 Å². The lowest BCUT2D eigenvalue weighted by molar-refractivity contribution is -0.116. The fraction of sp³-hybridized carbons (Fsp3) is 0.222. The number of amides is 1. The molecule has 2 N–H and O–H groups in total. The van der Waals surface area contributed by atoms with Crippen molar-refractivity contribution in [2.45, 2.75) is 24.7 Å². The van der Waals surface area contributed by atoms with E-state index in [1.807, 2.05) is 0 Å². The van der Waals surface area contributed by atoms with Crippen LogP contribution in [0.4, 0.5) is 10.1 Å². The molecule has 0 saturated heterocycles. The number of carbonyl (C=O) groups excluding carboxylic acids is 2. The summed E-state index contributed by atoms with van der Waals surface area (Å²) in [5.74, 6) is -1.74. The van der Waals surface area contributed by atoms with Crippen LogP contribution >= 0.6 is 0 Å². The van der Waals surface area contributed by atoms with Gasteiger partial charge in [0.1, 0.15) is 11.6 Å². The number of carbonyl (C=O) groups is 2. The molecule has 0 bridgehead atoms. The van der Waals surface area contributed by atoms with Crippen LogP contribution in [0.25, 0.3) is 0 Å². The van der Waals surface area contributed by atoms with E-state index in [9.17, 15) is 27.5 Å². The summed E-state index contributed by atoms with van der Waals surface area (Å²) < 4.78 is 36.6. The standard InChI is InChI=1S/C18H18FNO5S/c1-2-26(24,25)14-7-8-17(22)15(11-14)20-18(23)10-9-16(21)12-3-5-13(19)6-4-12/h3-8,11,22H,2,9-10H2,1H3,(H,20,23). The Bertz CT molecular complexity index is 923. The highest BCUT2D eigenvalue weighted by Gasteiger charge is 2.16. The predicted molar refractivity (Wildman–Crippen MR) is 94.4 cm³/mol. The number of phenols is 1. The van der Waals surface area contributed by atoms with Gasteiger partial charge in [-0.05, 0) is 42.5 Å². The Labute approximate surface area is 150 Å². The molecule has 0 spiro atoms. The van der Waals surface area contributed by atoms with Gasteiger partial charge in [0.05, 0.1) is 16.3 Å². The topological polar surface area (TPSA) is 101 Å². The maximum atomic E-state index is 12.8. The summed E-state index contributed by atoms with van der Waals surface area (Å²) >= 11 is 0. The molecule has 0 fully saturated rings. The number of nitrogens with one attached hydrogen (secondary N) is 1. The lowest BCUT2D eigenvalue weighted by Crippen LogP contribution is -2.14. The smallest absolute Gasteiger partial charge is 0.224 e. The summed E-state index contributed by atoms with van der Waals surface area (Å²) in [7, 11) is -3.49. The highest BCUT2D eigenvalue weighted by molar-refractivity contribution is 7.91. The van der Waals surface area contributed by atoms with Gasteiger partial charge in [0, 0.05) is 18.4 Å². The largest absolute Gasteiger partial charge is 0.506 e. The van der Waals surface area contributed by atoms with Crippen molar-refractivity contribution in [2.75, 3.05) is 11.1 Å². The van der Waals surface area contributed by atoms with Crippen LogP contribution in [0.15, 0.2) is 47.4 Å². The maximum absolute atomic E-state index is 12.8. The van der Waals surface area contributed by atoms with Gasteiger partial charge in [-0.15, -0.1) is 0 Å². The van der Waals surface area contributed by atoms with Crippen LogP contribution in [-0.2, 0) is 14.6 Å². The van der Waals surface area contributed by atoms with Gasteiger partial charge in [-0.2, -0.15) is 0 Å². The summed E-state index contributed by atoms with van der Waals surface area (Å²) in [5.41, 5.74) is 0.247. The van der Waals surface area contributed by atoms with Crippen molar-refractivity contribution in [3.63, 3.8) is 0 Å². The van der Waals surface area contributed by atoms with Crippen LogP contribution in [-0.4, -0.2) is 31.0 Å². The van der Waals surface area contributed by atoms with Gasteiger partial charge in [0.2, 0.25) is 5.91 Å². The zero-order valence-electron chi connectivity index (χ0n) is 14.0. The zero-order chi connectivity index (χ0) is 19.3. The molecule has 138 valence electrons. The quantitative estimate of drug-likeness (QED) is 0.569. The fourth-order valence-corrected chi connectivity index (χ4v) is 3.10. The minimum absolute atomic E-state index is 0.0181. The second-order valence-corrected chi connectivity index (χ2v) is 7.84. The molecule has 0 heterocycles. The average molecular weight is 379 g/mol. The van der Waals surface area contributed by atoms with Crippen molar-refractivity contribution in [1.82, 2.24) is 0 Å². The fourth-order valence-electron chi connectivity index (χ4n) is 2.20. The molecule has 2 rings (SSSR count). The van der Waals surface area contributed by atoms with Crippen LogP contribution in [0.1, 0.15) is 30.1 Å². The Morgan fingerprint density at radius 2 is 1.73 bits per heavy atom. The van der Waals surface area contributed by atoms with Crippen molar-refractivity contribution in [2.24, 2.45) is 0 Å². The van der Waals surface area contributed by atoms with Crippen molar-refractivity contribution < 1.29 is 27.5 Å². The number of hydrogen-bond acceptors (Lipinski definition) is 5. The second-order valence-electron chi connectivity index (χ2n) is 5.56. The van der Waals surface area contributed by atoms with E-state index in [1.54, 1.807) is 0 Å². The van der Waals surface area contributed by atoms with Gasteiger partial charge in [-0.3, -0.25) is 9.59 Å². The zero-order valence-corrected chi connectivity index (χ0v) is 14.8. The number of Topliss-reactive ketones (excluding diaryl/α,β-unsaturated/α-hetero) is 1. The molecule has 1 amide bonds. The first-order valence-corrected chi connectivity index (χ1v) is 9.52. The number of hydrogen-bond donors (Lipinski definition) is 2. The number of ketones is 1. The summed E-state index contributed by atoms with van der Waals surface area (Å²) in [6.45, 7) is 1.49. The first-order chi connectivity index (χ1) is 12.2. The van der Waals surface area contributed by atoms with Gasteiger partial charge >= 0.3 is 0 Å². The number of phenolic OH excluding ortho intramolecular Hbond substituents is 1. The van der Waals surface area contributed by atoms with Crippen LogP contribution in [0.3, 0.4) is 0 Å². The molecule has 0 aliphatic rings. The van der Waals surface area contributed by atoms with Gasteiger partial charge in [-0.1, -0.05) is 6.92 Å². The number of sulfone groups is 1. The first kappa shape index (κ1) is 19.6. The Kier molecular flexibility index (Phi) is 6.10. The van der Waals surface area contributed by atoms with Gasteiger partial charge in [-0.25, -0.2) is 12.8 Å². The third kappa shape index (κ3) is 4.89. The molecule has 0 radical (unpaired) electrons. The van der Waals surface area contributed by atoms with E-state index >= 15 is 0 Å². The van der Waals surface area contributed by atoms with Crippen LogP contribution in [0.5, 0.6) is 5.75 Å². The van der Waals surface area contributed by atoms with Gasteiger partial charge in [0.25, 0.3) is 0 Å². The molecular formula is C18H18FNO5S. The number of anilines is 1. The van der Waals surface area contributed by atoms with Crippen molar-refractivity contribution in [1.29, 1.82) is 0 Å². The highest BCUT2D eigenvalue weighted by Crippen LogP contribution is 2.27. The molecule has 0 atom stereocenters. The predicted octanol–water partition coefficient (Wildman–Crippen LogP) is 2.93. The van der Waals surface area contributed by atoms with Crippen molar-refractivity contribution >= 4 is 27.2 Å². The van der Waals surface area contributed by atoms with Crippen LogP contribution < -0.4 is 5.32 Å². The Balaban J connectivity index is 2.02. The Hall–Kier alpha value is -2.74. The van der Waals surface area contributed by atoms with E-state index in [2.05, 4.69) is 5.32 Å². The maximum Gasteiger partial charge on any atom is 0.224 e. The molecule has 2 aromatic carbocycles. The summed E-state index contributed by atoms with van der Waals surface area (Å²) in [6.07, 6.45) is -0.272. The highest BCUT2D eigenvalue weighted by atomic mass is 32.2. The number of rotatable bonds is 7. The molecule has 0 aliphatic heterocycles. The van der Waals surface area contributed by atoms with E-state index in [1.165, 1.54) is 37.3 Å². The molecule has 0 unspecified atom stereocenters. The summed E-state index contributed by atoms with van der Waals surface area (Å²) in [5, 5.41) is 12.2. The molecule has 0 aromatic heterocycles. The molecule has 2 aromatic rings. The molecular weight excluding hydrogens is 361 g/mol. The van der Waals surface area contributed by atoms with E-state index in [0.717, 1.165) is 12.1 Å². The van der Waals surface area contributed by atoms with Gasteiger partial charge < -0.3 is 10.4 Å². The van der Waals surface area contributed by atoms with E-state index in [-0.39, 0.29) is 46.3 Å². The summed E-state index contributed by atoms with van der Waals surface area (Å²) in [6, 6.07) is 8.59. The molecule has 6 nitrogen and oxygen atoms in total. The minimum atomic E-state index is -3.49. The van der Waals surface area contributed by atoms with Gasteiger partial charge in [0.15, 0.2) is 15.6 Å². The lowest BCUT2D eigenvalue weighted by Gasteiger charge is -2.09. The minimum Gasteiger partial charge on any atom is -0.506 e. The van der Waals surface area contributed by atoms with E-state index < -0.39 is 21.6 Å². The number of aromatic hydroxyl groups is 1. The molecule has 26 heavy (non-hydrogen) atoms. The van der Waals surface area contributed by atoms with Crippen LogP contribution in [0, 0.1) is 5.82 Å². The Morgan fingerprint density at radius 3 is 2.35 bits per heavy atom. The first-order valence-electron chi connectivity index (χ1n) is 7.87. The average Bonchev–Trinajstić information content (AvgIpc) is 2.62. The number of halogens is 1. The van der Waals surface area contributed by atoms with Crippen LogP contribution in [0.2, 0.25) is 0 Å². The molecule has 8 heteroatoms. The molecule has 0 saturated carbocycles. The molecule has 0 aliphatic carbocycles. The monoisotopic (exact) mass is 379 g/mol. The summed E-state index contributed by atoms with van der Waals surface area (Å²) in [4.78, 5) is 24.0. The third-order valence-corrected chi connectivity index (χ3v) is 5.46. The SMILES string of the molecule is CCS(=O)(=O)c1ccc(O)c(NC(=O)CCC(=O)c2ccc(F)cc2)c1. The van der Waals surface area contributed by atoms with Crippen molar-refractivity contribution in [3.05, 3.63) is 53.8 Å².